The third-order valence-electron chi connectivity index (χ3n) is 2.70. The summed E-state index contributed by atoms with van der Waals surface area (Å²) in [5, 5.41) is 7.21. The van der Waals surface area contributed by atoms with E-state index in [9.17, 15) is 0 Å². The van der Waals surface area contributed by atoms with Gasteiger partial charge in [0.15, 0.2) is 0 Å². The molecule has 4 N–H and O–H groups in total. The van der Waals surface area contributed by atoms with Gasteiger partial charge in [0, 0.05) is 6.04 Å². The molecule has 0 amide bonds. The van der Waals surface area contributed by atoms with Crippen LogP contribution in [0.15, 0.2) is 12.7 Å². The Morgan fingerprint density at radius 2 is 1.95 bits per heavy atom. The minimum Gasteiger partial charge on any atom is -0.351 e. The summed E-state index contributed by atoms with van der Waals surface area (Å²) in [6, 6.07) is 0.302. The molecule has 0 radical (unpaired) electrons. The van der Waals surface area contributed by atoms with Gasteiger partial charge >= 0.3 is 0 Å². The van der Waals surface area contributed by atoms with Crippen LogP contribution in [0.25, 0.3) is 5.95 Å². The molecule has 0 bridgehead atoms. The van der Waals surface area contributed by atoms with Crippen LogP contribution in [0.2, 0.25) is 0 Å². The Bertz CT molecular complexity index is 506. The van der Waals surface area contributed by atoms with Crippen molar-refractivity contribution in [3.8, 4) is 5.95 Å². The van der Waals surface area contributed by atoms with E-state index >= 15 is 0 Å². The molecule has 0 atom stereocenters. The van der Waals surface area contributed by atoms with Crippen molar-refractivity contribution >= 4 is 11.9 Å². The largest absolute Gasteiger partial charge is 0.351 e. The summed E-state index contributed by atoms with van der Waals surface area (Å²) >= 11 is 0. The molecule has 0 aliphatic rings. The van der Waals surface area contributed by atoms with Crippen molar-refractivity contribution in [3.63, 3.8) is 0 Å². The average Bonchev–Trinajstić information content (AvgIpc) is 2.98. The smallest absolute Gasteiger partial charge is 0.258 e. The third kappa shape index (κ3) is 3.13. The number of nitrogen functional groups attached to an aromatic ring is 1. The predicted octanol–water partition coefficient (Wildman–Crippen LogP) is 0.338. The molecule has 102 valence electrons. The molecule has 0 aliphatic heterocycles. The summed E-state index contributed by atoms with van der Waals surface area (Å²) in [7, 11) is 0. The summed E-state index contributed by atoms with van der Waals surface area (Å²) in [5.74, 6) is 6.45. The molecular formula is C10H17N9. The van der Waals surface area contributed by atoms with Crippen molar-refractivity contribution in [2.75, 3.05) is 10.7 Å². The maximum atomic E-state index is 5.36. The average molecular weight is 263 g/mol. The molecule has 19 heavy (non-hydrogen) atoms. The summed E-state index contributed by atoms with van der Waals surface area (Å²) in [6.07, 6.45) is 4.88. The standard InChI is InChI=1S/C10H17N9/c1-3-7(4-2)14-8-15-9(18-11)17-10(16-8)19-6-12-5-13-19/h5-7H,3-4,11H2,1-2H3,(H2,14,15,16,17,18). The topological polar surface area (TPSA) is 119 Å². The number of anilines is 2. The van der Waals surface area contributed by atoms with Gasteiger partial charge in [-0.1, -0.05) is 13.8 Å². The van der Waals surface area contributed by atoms with Crippen LogP contribution in [0.1, 0.15) is 26.7 Å². The van der Waals surface area contributed by atoms with Gasteiger partial charge in [-0.2, -0.15) is 24.7 Å². The first-order chi connectivity index (χ1) is 9.26. The molecule has 2 aromatic rings. The summed E-state index contributed by atoms with van der Waals surface area (Å²) in [4.78, 5) is 16.4. The number of nitrogens with zero attached hydrogens (tertiary/aromatic N) is 6. The van der Waals surface area contributed by atoms with Crippen molar-refractivity contribution in [3.05, 3.63) is 12.7 Å². The summed E-state index contributed by atoms with van der Waals surface area (Å²) in [5.41, 5.74) is 2.42. The van der Waals surface area contributed by atoms with Crippen LogP contribution in [0, 0.1) is 0 Å². The molecular weight excluding hydrogens is 246 g/mol. The van der Waals surface area contributed by atoms with Crippen LogP contribution in [-0.2, 0) is 0 Å². The fourth-order valence-corrected chi connectivity index (χ4v) is 1.58. The molecule has 0 saturated heterocycles. The third-order valence-corrected chi connectivity index (χ3v) is 2.70. The monoisotopic (exact) mass is 263 g/mol. The molecule has 0 aliphatic carbocycles. The molecule has 2 rings (SSSR count). The Kier molecular flexibility index (Phi) is 4.18. The van der Waals surface area contributed by atoms with Gasteiger partial charge in [0.05, 0.1) is 0 Å². The van der Waals surface area contributed by atoms with E-state index in [4.69, 9.17) is 5.84 Å². The Labute approximate surface area is 110 Å². The Morgan fingerprint density at radius 3 is 2.53 bits per heavy atom. The van der Waals surface area contributed by atoms with Crippen LogP contribution < -0.4 is 16.6 Å². The zero-order chi connectivity index (χ0) is 13.7. The maximum Gasteiger partial charge on any atom is 0.258 e. The Morgan fingerprint density at radius 1 is 1.21 bits per heavy atom. The van der Waals surface area contributed by atoms with E-state index in [1.807, 2.05) is 0 Å². The molecule has 0 unspecified atom stereocenters. The van der Waals surface area contributed by atoms with Crippen molar-refractivity contribution in [2.24, 2.45) is 5.84 Å². The summed E-state index contributed by atoms with van der Waals surface area (Å²) < 4.78 is 1.45. The highest BCUT2D eigenvalue weighted by Crippen LogP contribution is 2.10. The summed E-state index contributed by atoms with van der Waals surface area (Å²) in [6.45, 7) is 4.20. The van der Waals surface area contributed by atoms with Gasteiger partial charge in [-0.3, -0.25) is 5.43 Å². The van der Waals surface area contributed by atoms with Crippen molar-refractivity contribution in [1.82, 2.24) is 29.7 Å². The lowest BCUT2D eigenvalue weighted by atomic mass is 10.2. The second-order valence-corrected chi connectivity index (χ2v) is 3.92. The van der Waals surface area contributed by atoms with Crippen LogP contribution in [0.4, 0.5) is 11.9 Å². The highest BCUT2D eigenvalue weighted by Gasteiger charge is 2.10. The van der Waals surface area contributed by atoms with Crippen LogP contribution in [0.5, 0.6) is 0 Å². The van der Waals surface area contributed by atoms with Gasteiger partial charge in [-0.25, -0.2) is 10.8 Å². The zero-order valence-electron chi connectivity index (χ0n) is 10.9. The number of nitrogens with one attached hydrogen (secondary N) is 2. The van der Waals surface area contributed by atoms with Gasteiger partial charge in [-0.15, -0.1) is 0 Å². The fourth-order valence-electron chi connectivity index (χ4n) is 1.58. The SMILES string of the molecule is CCC(CC)Nc1nc(NN)nc(-n2cncn2)n1. The molecule has 0 fully saturated rings. The van der Waals surface area contributed by atoms with E-state index in [0.717, 1.165) is 12.8 Å². The lowest BCUT2D eigenvalue weighted by molar-refractivity contribution is 0.661. The predicted molar refractivity (Wildman–Crippen MR) is 70.5 cm³/mol. The van der Waals surface area contributed by atoms with E-state index in [0.29, 0.717) is 17.9 Å². The molecule has 0 aromatic carbocycles. The van der Waals surface area contributed by atoms with Crippen molar-refractivity contribution in [1.29, 1.82) is 0 Å². The van der Waals surface area contributed by atoms with Crippen molar-refractivity contribution < 1.29 is 0 Å². The van der Waals surface area contributed by atoms with E-state index in [1.54, 1.807) is 0 Å². The van der Waals surface area contributed by atoms with E-state index in [1.165, 1.54) is 17.3 Å². The molecule has 9 heteroatoms. The van der Waals surface area contributed by atoms with Gasteiger partial charge in [0.25, 0.3) is 5.95 Å². The minimum absolute atomic E-state index is 0.272. The van der Waals surface area contributed by atoms with Gasteiger partial charge in [0.1, 0.15) is 12.7 Å². The first-order valence-electron chi connectivity index (χ1n) is 6.11. The number of rotatable bonds is 6. The quantitative estimate of drug-likeness (QED) is 0.504. The van der Waals surface area contributed by atoms with Crippen molar-refractivity contribution in [2.45, 2.75) is 32.7 Å². The number of hydrogen-bond donors (Lipinski definition) is 3. The van der Waals surface area contributed by atoms with Gasteiger partial charge in [0.2, 0.25) is 11.9 Å². The molecule has 0 saturated carbocycles. The molecule has 0 spiro atoms. The van der Waals surface area contributed by atoms with Gasteiger partial charge < -0.3 is 5.32 Å². The number of hydrogen-bond acceptors (Lipinski definition) is 8. The molecule has 9 nitrogen and oxygen atoms in total. The van der Waals surface area contributed by atoms with Crippen LogP contribution >= 0.6 is 0 Å². The Hall–Kier alpha value is -2.29. The fraction of sp³-hybridized carbons (Fsp3) is 0.500. The lowest BCUT2D eigenvalue weighted by Gasteiger charge is -2.15. The van der Waals surface area contributed by atoms with E-state index in [2.05, 4.69) is 49.6 Å². The normalized spacial score (nSPS) is 10.7. The van der Waals surface area contributed by atoms with Crippen LogP contribution in [0.3, 0.4) is 0 Å². The van der Waals surface area contributed by atoms with Crippen LogP contribution in [-0.4, -0.2) is 35.8 Å². The molecule has 2 heterocycles. The highest BCUT2D eigenvalue weighted by molar-refractivity contribution is 5.37. The maximum absolute atomic E-state index is 5.36. The minimum atomic E-state index is 0.272. The number of hydrazine groups is 1. The second kappa shape index (κ2) is 6.05. The van der Waals surface area contributed by atoms with E-state index < -0.39 is 0 Å². The number of nitrogens with two attached hydrogens (primary N) is 1. The Balaban J connectivity index is 2.31. The zero-order valence-corrected chi connectivity index (χ0v) is 10.9. The highest BCUT2D eigenvalue weighted by atomic mass is 15.4. The molecule has 2 aromatic heterocycles. The first-order valence-corrected chi connectivity index (χ1v) is 6.11. The number of aromatic nitrogens is 6. The van der Waals surface area contributed by atoms with Gasteiger partial charge in [-0.05, 0) is 12.8 Å². The van der Waals surface area contributed by atoms with E-state index in [-0.39, 0.29) is 5.95 Å². The second-order valence-electron chi connectivity index (χ2n) is 3.92. The lowest BCUT2D eigenvalue weighted by Crippen LogP contribution is -2.21. The first kappa shape index (κ1) is 13.1.